The molecule has 1 aromatic heterocycles. The molecule has 1 saturated carbocycles. The number of alkyl halides is 3. The quantitative estimate of drug-likeness (QED) is 0.0825. The molecule has 3 aromatic rings. The van der Waals surface area contributed by atoms with Gasteiger partial charge in [-0.25, -0.2) is 9.59 Å². The van der Waals surface area contributed by atoms with Crippen LogP contribution in [0.2, 0.25) is 0 Å². The number of esters is 2. The van der Waals surface area contributed by atoms with Crippen LogP contribution in [0.4, 0.5) is 13.2 Å². The molecule has 0 saturated heterocycles. The van der Waals surface area contributed by atoms with Gasteiger partial charge in [0, 0.05) is 17.7 Å². The standard InChI is InChI=1S/C39H48F3NO4/c1-2-3-4-5-6-7-8-9-10-12-15-29-18-27-35(43-28-29)30-19-21-32(22-20-30)37(44)46-34-25-23-33(24-26-34)38(45)47-36(39(40,41)42)31-16-13-11-14-17-31/h18-28,31,36H,2-17H2,1H3. The number of carbonyl (C=O) groups excluding carboxylic acids is 2. The summed E-state index contributed by atoms with van der Waals surface area (Å²) in [6.07, 6.45) is 12.4. The molecule has 0 amide bonds. The van der Waals surface area contributed by atoms with Crippen LogP contribution in [0.15, 0.2) is 66.9 Å². The number of hydrogen-bond acceptors (Lipinski definition) is 5. The van der Waals surface area contributed by atoms with E-state index < -0.39 is 30.1 Å². The van der Waals surface area contributed by atoms with Crippen molar-refractivity contribution in [2.75, 3.05) is 0 Å². The van der Waals surface area contributed by atoms with Gasteiger partial charge in [-0.1, -0.05) is 102 Å². The van der Waals surface area contributed by atoms with E-state index in [4.69, 9.17) is 9.47 Å². The molecule has 5 nitrogen and oxygen atoms in total. The molecule has 1 unspecified atom stereocenters. The van der Waals surface area contributed by atoms with Crippen molar-refractivity contribution >= 4 is 11.9 Å². The van der Waals surface area contributed by atoms with Crippen molar-refractivity contribution in [3.63, 3.8) is 0 Å². The molecule has 1 heterocycles. The molecule has 4 rings (SSSR count). The monoisotopic (exact) mass is 651 g/mol. The normalized spacial score (nSPS) is 14.5. The Balaban J connectivity index is 1.21. The highest BCUT2D eigenvalue weighted by atomic mass is 19.4. The van der Waals surface area contributed by atoms with Gasteiger partial charge in [0.1, 0.15) is 5.75 Å². The highest BCUT2D eigenvalue weighted by Gasteiger charge is 2.48. The lowest BCUT2D eigenvalue weighted by Crippen LogP contribution is -2.41. The molecule has 1 aliphatic carbocycles. The first-order valence-electron chi connectivity index (χ1n) is 17.4. The van der Waals surface area contributed by atoms with E-state index in [0.717, 1.165) is 24.1 Å². The first kappa shape index (κ1) is 36.2. The van der Waals surface area contributed by atoms with E-state index in [1.165, 1.54) is 94.0 Å². The SMILES string of the molecule is CCCCCCCCCCCCc1ccc(-c2ccc(C(=O)Oc3ccc(C(=O)OC(C4CCCCC4)C(F)(F)F)cc3)cc2)nc1. The number of halogens is 3. The van der Waals surface area contributed by atoms with E-state index in [-0.39, 0.29) is 11.3 Å². The zero-order valence-electron chi connectivity index (χ0n) is 27.5. The second-order valence-corrected chi connectivity index (χ2v) is 12.7. The molecule has 0 bridgehead atoms. The van der Waals surface area contributed by atoms with Gasteiger partial charge in [0.05, 0.1) is 16.8 Å². The van der Waals surface area contributed by atoms with Crippen molar-refractivity contribution in [1.82, 2.24) is 4.98 Å². The predicted octanol–water partition coefficient (Wildman–Crippen LogP) is 11.1. The molecule has 2 aromatic carbocycles. The van der Waals surface area contributed by atoms with Gasteiger partial charge in [0.25, 0.3) is 0 Å². The number of ether oxygens (including phenoxy) is 2. The number of pyridine rings is 1. The first-order valence-corrected chi connectivity index (χ1v) is 17.4. The average molecular weight is 652 g/mol. The minimum absolute atomic E-state index is 0.0405. The summed E-state index contributed by atoms with van der Waals surface area (Å²) < 4.78 is 51.4. The summed E-state index contributed by atoms with van der Waals surface area (Å²) in [5.41, 5.74) is 3.20. The molecule has 0 spiro atoms. The van der Waals surface area contributed by atoms with Crippen LogP contribution in [0.25, 0.3) is 11.3 Å². The Morgan fingerprint density at radius 1 is 0.745 bits per heavy atom. The molecule has 47 heavy (non-hydrogen) atoms. The highest BCUT2D eigenvalue weighted by molar-refractivity contribution is 5.92. The number of unbranched alkanes of at least 4 members (excludes halogenated alkanes) is 9. The lowest BCUT2D eigenvalue weighted by Gasteiger charge is -2.31. The Morgan fingerprint density at radius 2 is 1.32 bits per heavy atom. The molecule has 1 atom stereocenters. The van der Waals surface area contributed by atoms with Gasteiger partial charge in [-0.05, 0) is 73.7 Å². The molecule has 0 radical (unpaired) electrons. The van der Waals surface area contributed by atoms with Crippen LogP contribution >= 0.6 is 0 Å². The van der Waals surface area contributed by atoms with Crippen molar-refractivity contribution in [3.8, 4) is 17.0 Å². The third-order valence-electron chi connectivity index (χ3n) is 9.00. The van der Waals surface area contributed by atoms with Gasteiger partial charge >= 0.3 is 18.1 Å². The minimum Gasteiger partial charge on any atom is -0.449 e. The van der Waals surface area contributed by atoms with Crippen molar-refractivity contribution in [1.29, 1.82) is 0 Å². The number of rotatable bonds is 17. The fourth-order valence-corrected chi connectivity index (χ4v) is 6.21. The molecule has 8 heteroatoms. The van der Waals surface area contributed by atoms with Crippen LogP contribution in [-0.4, -0.2) is 29.2 Å². The smallest absolute Gasteiger partial charge is 0.425 e. The number of hydrogen-bond donors (Lipinski definition) is 0. The summed E-state index contributed by atoms with van der Waals surface area (Å²) in [5, 5.41) is 0. The Bertz CT molecular complexity index is 1370. The van der Waals surface area contributed by atoms with Gasteiger partial charge < -0.3 is 9.47 Å². The summed E-state index contributed by atoms with van der Waals surface area (Å²) in [7, 11) is 0. The summed E-state index contributed by atoms with van der Waals surface area (Å²) in [6.45, 7) is 2.25. The lowest BCUT2D eigenvalue weighted by atomic mass is 9.85. The number of aryl methyl sites for hydroxylation is 1. The van der Waals surface area contributed by atoms with Crippen molar-refractivity contribution < 1.29 is 32.2 Å². The zero-order chi connectivity index (χ0) is 33.5. The van der Waals surface area contributed by atoms with Gasteiger partial charge in [-0.3, -0.25) is 4.98 Å². The second-order valence-electron chi connectivity index (χ2n) is 12.7. The minimum atomic E-state index is -4.63. The molecular weight excluding hydrogens is 603 g/mol. The Kier molecular flexibility index (Phi) is 14.3. The predicted molar refractivity (Wildman–Crippen MR) is 178 cm³/mol. The molecule has 1 fully saturated rings. The van der Waals surface area contributed by atoms with E-state index in [2.05, 4.69) is 18.0 Å². The highest BCUT2D eigenvalue weighted by Crippen LogP contribution is 2.37. The van der Waals surface area contributed by atoms with Gasteiger partial charge in [-0.2, -0.15) is 13.2 Å². The molecule has 0 N–H and O–H groups in total. The lowest BCUT2D eigenvalue weighted by molar-refractivity contribution is -0.222. The van der Waals surface area contributed by atoms with E-state index in [1.54, 1.807) is 12.1 Å². The molecule has 1 aliphatic rings. The Morgan fingerprint density at radius 3 is 1.89 bits per heavy atom. The first-order chi connectivity index (χ1) is 22.7. The topological polar surface area (TPSA) is 65.5 Å². The van der Waals surface area contributed by atoms with Crippen LogP contribution in [0.5, 0.6) is 5.75 Å². The molecule has 0 aliphatic heterocycles. The Hall–Kier alpha value is -3.68. The van der Waals surface area contributed by atoms with Crippen molar-refractivity contribution in [2.24, 2.45) is 5.92 Å². The van der Waals surface area contributed by atoms with E-state index in [9.17, 15) is 22.8 Å². The number of carbonyl (C=O) groups is 2. The van der Waals surface area contributed by atoms with E-state index in [1.807, 2.05) is 24.4 Å². The van der Waals surface area contributed by atoms with Crippen molar-refractivity contribution in [3.05, 3.63) is 83.6 Å². The van der Waals surface area contributed by atoms with Crippen LogP contribution < -0.4 is 4.74 Å². The third-order valence-corrected chi connectivity index (χ3v) is 9.00. The van der Waals surface area contributed by atoms with E-state index in [0.29, 0.717) is 31.2 Å². The van der Waals surface area contributed by atoms with Crippen LogP contribution in [0.1, 0.15) is 130 Å². The van der Waals surface area contributed by atoms with Gasteiger partial charge in [0.15, 0.2) is 6.10 Å². The maximum absolute atomic E-state index is 13.7. The van der Waals surface area contributed by atoms with Gasteiger partial charge in [0.2, 0.25) is 0 Å². The summed E-state index contributed by atoms with van der Waals surface area (Å²) in [4.78, 5) is 29.9. The zero-order valence-corrected chi connectivity index (χ0v) is 27.5. The summed E-state index contributed by atoms with van der Waals surface area (Å²) >= 11 is 0. The summed E-state index contributed by atoms with van der Waals surface area (Å²) in [6, 6.07) is 16.4. The number of benzene rings is 2. The van der Waals surface area contributed by atoms with E-state index >= 15 is 0 Å². The largest absolute Gasteiger partial charge is 0.449 e. The molecular formula is C39H48F3NO4. The van der Waals surface area contributed by atoms with Crippen LogP contribution in [0, 0.1) is 5.92 Å². The number of aromatic nitrogens is 1. The fraction of sp³-hybridized carbons (Fsp3) is 0.513. The van der Waals surface area contributed by atoms with Crippen LogP contribution in [0.3, 0.4) is 0 Å². The van der Waals surface area contributed by atoms with Crippen LogP contribution in [-0.2, 0) is 11.2 Å². The van der Waals surface area contributed by atoms with Crippen molar-refractivity contribution in [2.45, 2.75) is 122 Å². The third kappa shape index (κ3) is 11.8. The molecule has 254 valence electrons. The Labute approximate surface area is 277 Å². The maximum atomic E-state index is 13.7. The van der Waals surface area contributed by atoms with Gasteiger partial charge in [-0.15, -0.1) is 0 Å². The average Bonchev–Trinajstić information content (AvgIpc) is 3.08. The summed E-state index contributed by atoms with van der Waals surface area (Å²) in [5.74, 6) is -2.21. The second kappa shape index (κ2) is 18.6. The maximum Gasteiger partial charge on any atom is 0.425 e. The number of nitrogens with zero attached hydrogens (tertiary/aromatic N) is 1. The fourth-order valence-electron chi connectivity index (χ4n) is 6.21.